The minimum atomic E-state index is 0.101. The number of nitrogens with zero attached hydrogens (tertiary/aromatic N) is 2. The van der Waals surface area contributed by atoms with Crippen LogP contribution in [0.25, 0.3) is 0 Å². The van der Waals surface area contributed by atoms with Crippen LogP contribution in [0, 0.1) is 0 Å². The van der Waals surface area contributed by atoms with E-state index in [2.05, 4.69) is 5.32 Å². The molecule has 2 aromatic rings. The first-order chi connectivity index (χ1) is 13.0. The maximum absolute atomic E-state index is 12.4. The molecule has 0 saturated heterocycles. The van der Waals surface area contributed by atoms with Gasteiger partial charge < -0.3 is 19.7 Å². The molecule has 0 fully saturated rings. The molecule has 2 aromatic carbocycles. The van der Waals surface area contributed by atoms with Crippen LogP contribution in [0.2, 0.25) is 0 Å². The number of anilines is 1. The van der Waals surface area contributed by atoms with Crippen molar-refractivity contribution in [2.75, 3.05) is 53.6 Å². The highest BCUT2D eigenvalue weighted by atomic mass is 16.7. The summed E-state index contributed by atoms with van der Waals surface area (Å²) in [6.07, 6.45) is 0. The lowest BCUT2D eigenvalue weighted by Gasteiger charge is -2.14. The number of ether oxygens (including phenoxy) is 2. The zero-order valence-corrected chi connectivity index (χ0v) is 16.6. The van der Waals surface area contributed by atoms with Crippen molar-refractivity contribution in [2.24, 2.45) is 0 Å². The van der Waals surface area contributed by atoms with Gasteiger partial charge >= 0.3 is 0 Å². The van der Waals surface area contributed by atoms with Gasteiger partial charge in [-0.05, 0) is 58.0 Å². The van der Waals surface area contributed by atoms with Crippen molar-refractivity contribution in [1.29, 1.82) is 0 Å². The second-order valence-electron chi connectivity index (χ2n) is 6.88. The lowest BCUT2D eigenvalue weighted by atomic mass is 10.1. The molecule has 0 amide bonds. The Morgan fingerprint density at radius 3 is 2.33 bits per heavy atom. The van der Waals surface area contributed by atoms with Gasteiger partial charge in [0.15, 0.2) is 12.6 Å². The monoisotopic (exact) mass is 371 g/mol. The number of hydrogen-bond acceptors (Lipinski definition) is 6. The Bertz CT molecular complexity index is 715. The molecule has 1 N–H and O–H groups in total. The SMILES string of the molecule is CN(C)COCOc1ccc(CNc2ccccc2C(=O)CN(C)C)cc1. The number of rotatable bonds is 11. The normalized spacial score (nSPS) is 11.0. The van der Waals surface area contributed by atoms with Crippen LogP contribution in [-0.2, 0) is 11.3 Å². The Morgan fingerprint density at radius 1 is 0.963 bits per heavy atom. The molecule has 6 heteroatoms. The molecule has 0 saturated carbocycles. The fourth-order valence-corrected chi connectivity index (χ4v) is 2.48. The quantitative estimate of drug-likeness (QED) is 0.372. The number of carbonyl (C=O) groups is 1. The molecule has 0 radical (unpaired) electrons. The zero-order valence-electron chi connectivity index (χ0n) is 16.6. The predicted octanol–water partition coefficient (Wildman–Crippen LogP) is 2.92. The third-order valence-corrected chi connectivity index (χ3v) is 3.75. The third-order valence-electron chi connectivity index (χ3n) is 3.75. The molecule has 0 spiro atoms. The summed E-state index contributed by atoms with van der Waals surface area (Å²) in [5.41, 5.74) is 2.66. The van der Waals surface area contributed by atoms with E-state index in [1.165, 1.54) is 0 Å². The van der Waals surface area contributed by atoms with Crippen molar-refractivity contribution in [1.82, 2.24) is 9.80 Å². The number of carbonyl (C=O) groups excluding carboxylic acids is 1. The van der Waals surface area contributed by atoms with Gasteiger partial charge in [0.05, 0.1) is 6.54 Å². The van der Waals surface area contributed by atoms with Crippen molar-refractivity contribution < 1.29 is 14.3 Å². The van der Waals surface area contributed by atoms with Gasteiger partial charge in [-0.15, -0.1) is 0 Å². The molecule has 2 rings (SSSR count). The number of benzene rings is 2. The summed E-state index contributed by atoms with van der Waals surface area (Å²) in [7, 11) is 7.66. The lowest BCUT2D eigenvalue weighted by Crippen LogP contribution is -2.22. The van der Waals surface area contributed by atoms with Gasteiger partial charge in [-0.25, -0.2) is 0 Å². The summed E-state index contributed by atoms with van der Waals surface area (Å²) in [5.74, 6) is 0.864. The van der Waals surface area contributed by atoms with Crippen molar-refractivity contribution in [3.8, 4) is 5.75 Å². The summed E-state index contributed by atoms with van der Waals surface area (Å²) in [4.78, 5) is 16.2. The van der Waals surface area contributed by atoms with Crippen LogP contribution in [0.4, 0.5) is 5.69 Å². The average Bonchev–Trinajstić information content (AvgIpc) is 2.64. The summed E-state index contributed by atoms with van der Waals surface area (Å²) < 4.78 is 10.9. The predicted molar refractivity (Wildman–Crippen MR) is 108 cm³/mol. The molecule has 0 aliphatic heterocycles. The van der Waals surface area contributed by atoms with Crippen molar-refractivity contribution in [3.05, 3.63) is 59.7 Å². The Labute approximate surface area is 161 Å². The number of likely N-dealkylation sites (N-methyl/N-ethyl adjacent to an activating group) is 1. The standard InChI is InChI=1S/C21H29N3O3/c1-23(2)14-21(25)19-7-5-6-8-20(19)22-13-17-9-11-18(12-10-17)27-16-26-15-24(3)4/h5-12,22H,13-16H2,1-4H3. The molecule has 0 atom stereocenters. The Hall–Kier alpha value is -2.41. The second kappa shape index (κ2) is 10.7. The van der Waals surface area contributed by atoms with E-state index in [0.717, 1.165) is 17.0 Å². The Morgan fingerprint density at radius 2 is 1.67 bits per heavy atom. The number of ketones is 1. The fourth-order valence-electron chi connectivity index (χ4n) is 2.48. The minimum absolute atomic E-state index is 0.101. The van der Waals surface area contributed by atoms with E-state index in [0.29, 0.717) is 25.4 Å². The van der Waals surface area contributed by atoms with Gasteiger partial charge in [-0.2, -0.15) is 0 Å². The van der Waals surface area contributed by atoms with Crippen molar-refractivity contribution in [3.63, 3.8) is 0 Å². The summed E-state index contributed by atoms with van der Waals surface area (Å²) in [5, 5.41) is 3.36. The van der Waals surface area contributed by atoms with E-state index in [9.17, 15) is 4.79 Å². The van der Waals surface area contributed by atoms with E-state index < -0.39 is 0 Å². The summed E-state index contributed by atoms with van der Waals surface area (Å²) in [6.45, 7) is 1.76. The number of para-hydroxylation sites is 1. The highest BCUT2D eigenvalue weighted by Gasteiger charge is 2.11. The van der Waals surface area contributed by atoms with Crippen LogP contribution < -0.4 is 10.1 Å². The van der Waals surface area contributed by atoms with Gasteiger partial charge in [0.1, 0.15) is 12.5 Å². The first kappa shape index (κ1) is 20.9. The van der Waals surface area contributed by atoms with Crippen LogP contribution in [0.15, 0.2) is 48.5 Å². The van der Waals surface area contributed by atoms with Crippen LogP contribution in [0.1, 0.15) is 15.9 Å². The van der Waals surface area contributed by atoms with E-state index in [1.54, 1.807) is 0 Å². The first-order valence-electron chi connectivity index (χ1n) is 8.90. The van der Waals surface area contributed by atoms with Gasteiger partial charge in [0, 0.05) is 17.8 Å². The number of hydrogen-bond donors (Lipinski definition) is 1. The van der Waals surface area contributed by atoms with E-state index in [1.807, 2.05) is 86.5 Å². The smallest absolute Gasteiger partial charge is 0.190 e. The molecule has 0 aliphatic carbocycles. The summed E-state index contributed by atoms with van der Waals surface area (Å²) >= 11 is 0. The second-order valence-corrected chi connectivity index (χ2v) is 6.88. The highest BCUT2D eigenvalue weighted by molar-refractivity contribution is 6.02. The molecule has 0 heterocycles. The largest absolute Gasteiger partial charge is 0.468 e. The van der Waals surface area contributed by atoms with E-state index in [-0.39, 0.29) is 12.6 Å². The minimum Gasteiger partial charge on any atom is -0.468 e. The zero-order chi connectivity index (χ0) is 19.6. The van der Waals surface area contributed by atoms with E-state index >= 15 is 0 Å². The number of nitrogens with one attached hydrogen (secondary N) is 1. The van der Waals surface area contributed by atoms with Crippen LogP contribution in [0.3, 0.4) is 0 Å². The van der Waals surface area contributed by atoms with Gasteiger partial charge in [-0.1, -0.05) is 24.3 Å². The van der Waals surface area contributed by atoms with Crippen LogP contribution in [-0.4, -0.2) is 63.8 Å². The molecule has 27 heavy (non-hydrogen) atoms. The maximum Gasteiger partial charge on any atom is 0.190 e. The molecule has 6 nitrogen and oxygen atoms in total. The van der Waals surface area contributed by atoms with Crippen LogP contribution in [0.5, 0.6) is 5.75 Å². The van der Waals surface area contributed by atoms with Gasteiger partial charge in [0.2, 0.25) is 0 Å². The molecule has 0 aliphatic rings. The first-order valence-corrected chi connectivity index (χ1v) is 8.90. The van der Waals surface area contributed by atoms with Crippen molar-refractivity contribution in [2.45, 2.75) is 6.54 Å². The average molecular weight is 371 g/mol. The molecular formula is C21H29N3O3. The lowest BCUT2D eigenvalue weighted by molar-refractivity contribution is -0.0274. The fraction of sp³-hybridized carbons (Fsp3) is 0.381. The summed E-state index contributed by atoms with van der Waals surface area (Å²) in [6, 6.07) is 15.4. The topological polar surface area (TPSA) is 54.0 Å². The van der Waals surface area contributed by atoms with Gasteiger partial charge in [0.25, 0.3) is 0 Å². The highest BCUT2D eigenvalue weighted by Crippen LogP contribution is 2.18. The van der Waals surface area contributed by atoms with Crippen LogP contribution >= 0.6 is 0 Å². The third kappa shape index (κ3) is 7.38. The number of Topliss-reactive ketones (excluding diaryl/α,β-unsaturated/α-hetero) is 1. The van der Waals surface area contributed by atoms with Crippen molar-refractivity contribution >= 4 is 11.5 Å². The van der Waals surface area contributed by atoms with Gasteiger partial charge in [-0.3, -0.25) is 9.69 Å². The maximum atomic E-state index is 12.4. The molecule has 0 aromatic heterocycles. The Kier molecular flexibility index (Phi) is 8.26. The molecule has 0 bridgehead atoms. The molecular weight excluding hydrogens is 342 g/mol. The van der Waals surface area contributed by atoms with E-state index in [4.69, 9.17) is 9.47 Å². The molecule has 0 unspecified atom stereocenters. The Balaban J connectivity index is 1.89. The molecule has 146 valence electrons.